The van der Waals surface area contributed by atoms with Gasteiger partial charge >= 0.3 is 6.61 Å². The molecule has 0 bridgehead atoms. The fourth-order valence-electron chi connectivity index (χ4n) is 1.96. The fraction of sp³-hybridized carbons (Fsp3) is 0.188. The number of rotatable bonds is 7. The summed E-state index contributed by atoms with van der Waals surface area (Å²) in [5.41, 5.74) is 0.297. The molecule has 1 atom stereocenters. The molecule has 0 saturated heterocycles. The number of benzene rings is 2. The molecule has 10 heteroatoms. The van der Waals surface area contributed by atoms with Crippen LogP contribution in [0, 0.1) is 0 Å². The molecular weight excluding hydrogens is 390 g/mol. The highest BCUT2D eigenvalue weighted by Crippen LogP contribution is 2.18. The molecule has 2 aromatic carbocycles. The van der Waals surface area contributed by atoms with Crippen LogP contribution in [0.25, 0.3) is 0 Å². The highest BCUT2D eigenvalue weighted by atomic mass is 35.5. The van der Waals surface area contributed by atoms with Crippen LogP contribution in [0.3, 0.4) is 0 Å². The van der Waals surface area contributed by atoms with E-state index < -0.39 is 28.6 Å². The van der Waals surface area contributed by atoms with E-state index >= 15 is 0 Å². The molecular formula is C16H15ClF2N2O4S. The topological polar surface area (TPSA) is 84.5 Å². The molecule has 140 valence electrons. The normalized spacial score (nSPS) is 12.7. The highest BCUT2D eigenvalue weighted by Gasteiger charge is 2.22. The van der Waals surface area contributed by atoms with Crippen molar-refractivity contribution in [3.8, 4) is 5.75 Å². The fourth-order valence-corrected chi connectivity index (χ4v) is 3.46. The number of amides is 1. The second-order valence-electron chi connectivity index (χ2n) is 5.19. The van der Waals surface area contributed by atoms with Gasteiger partial charge in [-0.3, -0.25) is 4.79 Å². The summed E-state index contributed by atoms with van der Waals surface area (Å²) in [5, 5.41) is 2.72. The number of halogens is 3. The zero-order chi connectivity index (χ0) is 19.3. The molecule has 0 aliphatic carbocycles. The quantitative estimate of drug-likeness (QED) is 0.742. The number of carbonyl (C=O) groups excluding carboxylic acids is 1. The molecule has 0 radical (unpaired) electrons. The van der Waals surface area contributed by atoms with E-state index in [2.05, 4.69) is 14.8 Å². The van der Waals surface area contributed by atoms with E-state index in [1.54, 1.807) is 0 Å². The van der Waals surface area contributed by atoms with Gasteiger partial charge in [0.2, 0.25) is 15.9 Å². The standard InChI is InChI=1S/C16H15ClF2N2O4S/c1-10(21-26(23,24)14-4-2-3-11(17)9-14)15(22)20-12-5-7-13(8-6-12)25-16(18)19/h2-10,16,21H,1H3,(H,20,22)/t10-/m0/s1. The van der Waals surface area contributed by atoms with Crippen LogP contribution in [0.15, 0.2) is 53.4 Å². The summed E-state index contributed by atoms with van der Waals surface area (Å²) >= 11 is 5.77. The first kappa shape index (κ1) is 20.1. The second-order valence-corrected chi connectivity index (χ2v) is 7.34. The van der Waals surface area contributed by atoms with Gasteiger partial charge in [0.25, 0.3) is 0 Å². The van der Waals surface area contributed by atoms with Gasteiger partial charge in [0.1, 0.15) is 5.75 Å². The van der Waals surface area contributed by atoms with Crippen molar-refractivity contribution in [1.82, 2.24) is 4.72 Å². The smallest absolute Gasteiger partial charge is 0.387 e. The van der Waals surface area contributed by atoms with Crippen LogP contribution < -0.4 is 14.8 Å². The van der Waals surface area contributed by atoms with Gasteiger partial charge < -0.3 is 10.1 Å². The summed E-state index contributed by atoms with van der Waals surface area (Å²) in [7, 11) is -3.94. The first-order chi connectivity index (χ1) is 12.2. The molecule has 1 amide bonds. The molecule has 26 heavy (non-hydrogen) atoms. The molecule has 2 rings (SSSR count). The van der Waals surface area contributed by atoms with Crippen molar-refractivity contribution >= 4 is 33.2 Å². The number of nitrogens with one attached hydrogen (secondary N) is 2. The number of carbonyl (C=O) groups is 1. The summed E-state index contributed by atoms with van der Waals surface area (Å²) in [4.78, 5) is 12.1. The molecule has 0 saturated carbocycles. The van der Waals surface area contributed by atoms with Gasteiger partial charge in [-0.1, -0.05) is 17.7 Å². The lowest BCUT2D eigenvalue weighted by atomic mass is 10.2. The zero-order valence-electron chi connectivity index (χ0n) is 13.4. The van der Waals surface area contributed by atoms with E-state index in [0.29, 0.717) is 5.69 Å². The minimum Gasteiger partial charge on any atom is -0.435 e. The van der Waals surface area contributed by atoms with Gasteiger partial charge in [0, 0.05) is 10.7 Å². The Morgan fingerprint density at radius 2 is 1.81 bits per heavy atom. The molecule has 0 aliphatic rings. The van der Waals surface area contributed by atoms with E-state index in [9.17, 15) is 22.0 Å². The van der Waals surface area contributed by atoms with Gasteiger partial charge in [-0.25, -0.2) is 8.42 Å². The Morgan fingerprint density at radius 1 is 1.15 bits per heavy atom. The third-order valence-corrected chi connectivity index (χ3v) is 4.95. The van der Waals surface area contributed by atoms with Crippen LogP contribution in [-0.4, -0.2) is 27.0 Å². The lowest BCUT2D eigenvalue weighted by molar-refractivity contribution is -0.117. The van der Waals surface area contributed by atoms with Gasteiger partial charge in [0.05, 0.1) is 10.9 Å². The van der Waals surface area contributed by atoms with Gasteiger partial charge in [-0.05, 0) is 49.4 Å². The third kappa shape index (κ3) is 5.65. The van der Waals surface area contributed by atoms with Crippen LogP contribution in [0.1, 0.15) is 6.92 Å². The number of anilines is 1. The van der Waals surface area contributed by atoms with Crippen LogP contribution in [0.4, 0.5) is 14.5 Å². The Labute approximate surface area is 154 Å². The SMILES string of the molecule is C[C@H](NS(=O)(=O)c1cccc(Cl)c1)C(=O)Nc1ccc(OC(F)F)cc1. The molecule has 2 N–H and O–H groups in total. The number of ether oxygens (including phenoxy) is 1. The van der Waals surface area contributed by atoms with Gasteiger partial charge in [0.15, 0.2) is 0 Å². The maximum Gasteiger partial charge on any atom is 0.387 e. The van der Waals surface area contributed by atoms with Crippen molar-refractivity contribution in [2.24, 2.45) is 0 Å². The van der Waals surface area contributed by atoms with Crippen LogP contribution >= 0.6 is 11.6 Å². The summed E-state index contributed by atoms with van der Waals surface area (Å²) in [6.07, 6.45) is 0. The Balaban J connectivity index is 2.01. The number of hydrogen-bond acceptors (Lipinski definition) is 4. The number of sulfonamides is 1. The van der Waals surface area contributed by atoms with Crippen molar-refractivity contribution < 1.29 is 26.7 Å². The molecule has 0 heterocycles. The lowest BCUT2D eigenvalue weighted by Crippen LogP contribution is -2.41. The second kappa shape index (κ2) is 8.43. The lowest BCUT2D eigenvalue weighted by Gasteiger charge is -2.15. The van der Waals surface area contributed by atoms with E-state index in [-0.39, 0.29) is 15.7 Å². The van der Waals surface area contributed by atoms with Crippen molar-refractivity contribution in [3.05, 3.63) is 53.6 Å². The van der Waals surface area contributed by atoms with Crippen molar-refractivity contribution in [3.63, 3.8) is 0 Å². The zero-order valence-corrected chi connectivity index (χ0v) is 15.0. The predicted octanol–water partition coefficient (Wildman–Crippen LogP) is 3.25. The molecule has 0 spiro atoms. The summed E-state index contributed by atoms with van der Waals surface area (Å²) in [6.45, 7) is -1.58. The van der Waals surface area contributed by atoms with Crippen LogP contribution in [-0.2, 0) is 14.8 Å². The molecule has 0 unspecified atom stereocenters. The summed E-state index contributed by atoms with van der Waals surface area (Å²) < 4.78 is 55.1. The minimum atomic E-state index is -3.94. The first-order valence-corrected chi connectivity index (χ1v) is 9.17. The van der Waals surface area contributed by atoms with E-state index in [1.165, 1.54) is 55.5 Å². The number of hydrogen-bond donors (Lipinski definition) is 2. The first-order valence-electron chi connectivity index (χ1n) is 7.31. The molecule has 6 nitrogen and oxygen atoms in total. The highest BCUT2D eigenvalue weighted by molar-refractivity contribution is 7.89. The largest absolute Gasteiger partial charge is 0.435 e. The maximum atomic E-state index is 12.3. The van der Waals surface area contributed by atoms with E-state index in [4.69, 9.17) is 11.6 Å². The number of alkyl halides is 2. The summed E-state index contributed by atoms with van der Waals surface area (Å²) in [5.74, 6) is -0.689. The molecule has 0 fully saturated rings. The molecule has 0 aliphatic heterocycles. The van der Waals surface area contributed by atoms with Crippen molar-refractivity contribution in [2.45, 2.75) is 24.5 Å². The van der Waals surface area contributed by atoms with Crippen LogP contribution in [0.5, 0.6) is 5.75 Å². The van der Waals surface area contributed by atoms with Gasteiger partial charge in [-0.15, -0.1) is 0 Å². The maximum absolute atomic E-state index is 12.3. The third-order valence-electron chi connectivity index (χ3n) is 3.18. The van der Waals surface area contributed by atoms with Crippen molar-refractivity contribution in [2.75, 3.05) is 5.32 Å². The predicted molar refractivity (Wildman–Crippen MR) is 92.9 cm³/mol. The Kier molecular flexibility index (Phi) is 6.52. The molecule has 0 aromatic heterocycles. The van der Waals surface area contributed by atoms with Crippen LogP contribution in [0.2, 0.25) is 5.02 Å². The average Bonchev–Trinajstić information content (AvgIpc) is 2.55. The Bertz CT molecular complexity index is 876. The molecule has 2 aromatic rings. The van der Waals surface area contributed by atoms with E-state index in [1.807, 2.05) is 0 Å². The Hall–Kier alpha value is -2.23. The van der Waals surface area contributed by atoms with Gasteiger partial charge in [-0.2, -0.15) is 13.5 Å². The monoisotopic (exact) mass is 404 g/mol. The average molecular weight is 405 g/mol. The Morgan fingerprint density at radius 3 is 2.38 bits per heavy atom. The summed E-state index contributed by atoms with van der Waals surface area (Å²) in [6, 6.07) is 9.74. The van der Waals surface area contributed by atoms with E-state index in [0.717, 1.165) is 0 Å². The minimum absolute atomic E-state index is 0.0623. The van der Waals surface area contributed by atoms with Crippen molar-refractivity contribution in [1.29, 1.82) is 0 Å².